The van der Waals surface area contributed by atoms with Crippen molar-refractivity contribution in [3.63, 3.8) is 0 Å². The first kappa shape index (κ1) is 16.4. The minimum Gasteiger partial charge on any atom is -0.324 e. The predicted octanol–water partition coefficient (Wildman–Crippen LogP) is 3.30. The molecule has 0 fully saturated rings. The maximum absolute atomic E-state index is 12.5. The number of aromatic nitrogens is 3. The third kappa shape index (κ3) is 3.11. The Morgan fingerprint density at radius 1 is 1.17 bits per heavy atom. The Balaban J connectivity index is 1.89. The van der Waals surface area contributed by atoms with Crippen molar-refractivity contribution in [2.24, 2.45) is 0 Å². The molecule has 0 radical (unpaired) electrons. The van der Waals surface area contributed by atoms with E-state index in [1.54, 1.807) is 43.3 Å². The summed E-state index contributed by atoms with van der Waals surface area (Å²) in [4.78, 5) is 24.9. The number of anilines is 1. The fraction of sp³-hybridized carbons (Fsp3) is 0.125. The van der Waals surface area contributed by atoms with Gasteiger partial charge in [0, 0.05) is 5.69 Å². The molecule has 6 nitrogen and oxygen atoms in total. The zero-order valence-corrected chi connectivity index (χ0v) is 14.0. The van der Waals surface area contributed by atoms with Crippen molar-refractivity contribution in [2.75, 3.05) is 5.32 Å². The average Bonchev–Trinajstić information content (AvgIpc) is 2.58. The first-order valence-electron chi connectivity index (χ1n) is 7.07. The first-order chi connectivity index (χ1) is 11.5. The second-order valence-corrected chi connectivity index (χ2v) is 5.96. The van der Waals surface area contributed by atoms with Gasteiger partial charge in [-0.3, -0.25) is 9.59 Å². The molecule has 8 heteroatoms. The quantitative estimate of drug-likeness (QED) is 0.775. The van der Waals surface area contributed by atoms with Crippen LogP contribution in [0.4, 0.5) is 5.69 Å². The second kappa shape index (κ2) is 6.59. The number of nitrogens with zero attached hydrogens (tertiary/aromatic N) is 3. The lowest BCUT2D eigenvalue weighted by atomic mass is 10.2. The van der Waals surface area contributed by atoms with Crippen LogP contribution in [0.15, 0.2) is 47.3 Å². The Hall–Kier alpha value is -2.44. The van der Waals surface area contributed by atoms with E-state index in [0.29, 0.717) is 26.6 Å². The lowest BCUT2D eigenvalue weighted by Crippen LogP contribution is -2.34. The number of carbonyl (C=O) groups excluding carboxylic acids is 1. The topological polar surface area (TPSA) is 76.9 Å². The molecule has 0 bridgehead atoms. The van der Waals surface area contributed by atoms with Crippen LogP contribution in [0.25, 0.3) is 10.9 Å². The van der Waals surface area contributed by atoms with Gasteiger partial charge in [0.05, 0.1) is 15.4 Å². The maximum atomic E-state index is 12.5. The summed E-state index contributed by atoms with van der Waals surface area (Å²) < 4.78 is 1.05. The van der Waals surface area contributed by atoms with Gasteiger partial charge in [-0.05, 0) is 37.3 Å². The summed E-state index contributed by atoms with van der Waals surface area (Å²) in [6.07, 6.45) is 0. The lowest BCUT2D eigenvalue weighted by Gasteiger charge is -2.14. The summed E-state index contributed by atoms with van der Waals surface area (Å²) in [5, 5.41) is 11.6. The molecule has 2 aromatic carbocycles. The van der Waals surface area contributed by atoms with Crippen LogP contribution in [0, 0.1) is 0 Å². The molecule has 1 unspecified atom stereocenters. The van der Waals surface area contributed by atoms with E-state index in [4.69, 9.17) is 23.2 Å². The molecule has 24 heavy (non-hydrogen) atoms. The molecule has 3 aromatic rings. The number of hydrogen-bond acceptors (Lipinski definition) is 4. The Labute approximate surface area is 147 Å². The Morgan fingerprint density at radius 3 is 2.67 bits per heavy atom. The number of rotatable bonds is 3. The van der Waals surface area contributed by atoms with Gasteiger partial charge in [-0.25, -0.2) is 0 Å². The van der Waals surface area contributed by atoms with E-state index in [9.17, 15) is 9.59 Å². The van der Waals surface area contributed by atoms with Crippen LogP contribution in [0.2, 0.25) is 10.0 Å². The number of fused-ring (bicyclic) bond motifs is 1. The van der Waals surface area contributed by atoms with Crippen LogP contribution in [-0.2, 0) is 4.79 Å². The summed E-state index contributed by atoms with van der Waals surface area (Å²) >= 11 is 11.8. The molecule has 1 amide bonds. The molecule has 0 spiro atoms. The van der Waals surface area contributed by atoms with E-state index in [-0.39, 0.29) is 5.56 Å². The highest BCUT2D eigenvalue weighted by Gasteiger charge is 2.19. The Kier molecular flexibility index (Phi) is 4.51. The van der Waals surface area contributed by atoms with Crippen molar-refractivity contribution in [2.45, 2.75) is 13.0 Å². The van der Waals surface area contributed by atoms with Gasteiger partial charge < -0.3 is 5.32 Å². The molecular formula is C16H12Cl2N4O2. The monoisotopic (exact) mass is 362 g/mol. The highest BCUT2D eigenvalue weighted by atomic mass is 35.5. The maximum Gasteiger partial charge on any atom is 0.278 e. The molecule has 1 N–H and O–H groups in total. The number of benzene rings is 2. The number of nitrogens with one attached hydrogen (secondary N) is 1. The minimum atomic E-state index is -0.843. The number of halogens is 2. The molecule has 1 atom stereocenters. The van der Waals surface area contributed by atoms with Gasteiger partial charge in [0.25, 0.3) is 5.56 Å². The summed E-state index contributed by atoms with van der Waals surface area (Å²) in [6, 6.07) is 10.7. The van der Waals surface area contributed by atoms with Gasteiger partial charge in [-0.2, -0.15) is 4.68 Å². The molecule has 0 aliphatic carbocycles. The van der Waals surface area contributed by atoms with Crippen molar-refractivity contribution in [1.29, 1.82) is 0 Å². The molecular weight excluding hydrogens is 351 g/mol. The fourth-order valence-corrected chi connectivity index (χ4v) is 2.49. The average molecular weight is 363 g/mol. The second-order valence-electron chi connectivity index (χ2n) is 5.15. The van der Waals surface area contributed by atoms with E-state index >= 15 is 0 Å². The molecule has 122 valence electrons. The van der Waals surface area contributed by atoms with E-state index in [1.807, 2.05) is 0 Å². The molecule has 3 rings (SSSR count). The molecule has 0 saturated heterocycles. The van der Waals surface area contributed by atoms with Gasteiger partial charge in [-0.15, -0.1) is 5.10 Å². The minimum absolute atomic E-state index is 0.324. The summed E-state index contributed by atoms with van der Waals surface area (Å²) in [7, 11) is 0. The highest BCUT2D eigenvalue weighted by Crippen LogP contribution is 2.25. The van der Waals surface area contributed by atoms with Crippen LogP contribution in [-0.4, -0.2) is 20.9 Å². The predicted molar refractivity (Wildman–Crippen MR) is 93.6 cm³/mol. The fourth-order valence-electron chi connectivity index (χ4n) is 2.19. The SMILES string of the molecule is CC(C(=O)Nc1ccc(Cl)c(Cl)c1)n1nnc2ccccc2c1=O. The third-order valence-electron chi connectivity index (χ3n) is 3.52. The smallest absolute Gasteiger partial charge is 0.278 e. The Morgan fingerprint density at radius 2 is 1.92 bits per heavy atom. The van der Waals surface area contributed by atoms with E-state index < -0.39 is 11.9 Å². The summed E-state index contributed by atoms with van der Waals surface area (Å²) in [5.74, 6) is -0.417. The zero-order chi connectivity index (χ0) is 17.3. The van der Waals surface area contributed by atoms with Crippen molar-refractivity contribution in [3.05, 3.63) is 62.9 Å². The molecule has 1 heterocycles. The van der Waals surface area contributed by atoms with Crippen molar-refractivity contribution >= 4 is 45.7 Å². The largest absolute Gasteiger partial charge is 0.324 e. The zero-order valence-electron chi connectivity index (χ0n) is 12.5. The van der Waals surface area contributed by atoms with E-state index in [1.165, 1.54) is 6.07 Å². The van der Waals surface area contributed by atoms with Crippen LogP contribution in [0.5, 0.6) is 0 Å². The Bertz CT molecular complexity index is 987. The summed E-state index contributed by atoms with van der Waals surface area (Å²) in [6.45, 7) is 1.57. The van der Waals surface area contributed by atoms with Gasteiger partial charge in [0.15, 0.2) is 0 Å². The number of carbonyl (C=O) groups is 1. The standard InChI is InChI=1S/C16H12Cl2N4O2/c1-9(15(23)19-10-6-7-12(17)13(18)8-10)22-16(24)11-4-2-3-5-14(11)20-21-22/h2-9H,1H3,(H,19,23). The number of amides is 1. The van der Waals surface area contributed by atoms with Crippen molar-refractivity contribution in [1.82, 2.24) is 15.0 Å². The van der Waals surface area contributed by atoms with Crippen LogP contribution < -0.4 is 10.9 Å². The lowest BCUT2D eigenvalue weighted by molar-refractivity contribution is -0.119. The van der Waals surface area contributed by atoms with Crippen LogP contribution in [0.3, 0.4) is 0 Å². The molecule has 0 aliphatic rings. The molecule has 0 aliphatic heterocycles. The third-order valence-corrected chi connectivity index (χ3v) is 4.26. The highest BCUT2D eigenvalue weighted by molar-refractivity contribution is 6.42. The van der Waals surface area contributed by atoms with E-state index in [0.717, 1.165) is 4.68 Å². The number of hydrogen-bond donors (Lipinski definition) is 1. The first-order valence-corrected chi connectivity index (χ1v) is 7.83. The normalized spacial score (nSPS) is 12.1. The van der Waals surface area contributed by atoms with Crippen LogP contribution in [0.1, 0.15) is 13.0 Å². The van der Waals surface area contributed by atoms with Gasteiger partial charge in [0.2, 0.25) is 5.91 Å². The molecule has 0 saturated carbocycles. The van der Waals surface area contributed by atoms with Gasteiger partial charge >= 0.3 is 0 Å². The van der Waals surface area contributed by atoms with Crippen LogP contribution >= 0.6 is 23.2 Å². The van der Waals surface area contributed by atoms with Crippen molar-refractivity contribution < 1.29 is 4.79 Å². The van der Waals surface area contributed by atoms with Crippen molar-refractivity contribution in [3.8, 4) is 0 Å². The summed E-state index contributed by atoms with van der Waals surface area (Å²) in [5.41, 5.74) is 0.580. The van der Waals surface area contributed by atoms with Gasteiger partial charge in [-0.1, -0.05) is 40.5 Å². The van der Waals surface area contributed by atoms with Gasteiger partial charge in [0.1, 0.15) is 11.6 Å². The van der Waals surface area contributed by atoms with E-state index in [2.05, 4.69) is 15.6 Å². The molecule has 1 aromatic heterocycles.